The molecule has 2 rings (SSSR count). The SMILES string of the molecule is NC(=O)Nc1cccc(NC(=O)[C@@H](N)c2ccccc2)c1. The zero-order valence-corrected chi connectivity index (χ0v) is 11.2. The monoisotopic (exact) mass is 284 g/mol. The molecule has 0 aromatic heterocycles. The van der Waals surface area contributed by atoms with E-state index in [9.17, 15) is 9.59 Å². The van der Waals surface area contributed by atoms with Gasteiger partial charge in [-0.05, 0) is 23.8 Å². The van der Waals surface area contributed by atoms with Crippen molar-refractivity contribution < 1.29 is 9.59 Å². The number of carbonyl (C=O) groups excluding carboxylic acids is 2. The first-order chi connectivity index (χ1) is 10.1. The van der Waals surface area contributed by atoms with Gasteiger partial charge in [0.05, 0.1) is 0 Å². The molecule has 21 heavy (non-hydrogen) atoms. The van der Waals surface area contributed by atoms with Crippen LogP contribution in [0, 0.1) is 0 Å². The van der Waals surface area contributed by atoms with Crippen molar-refractivity contribution in [3.8, 4) is 0 Å². The average molecular weight is 284 g/mol. The topological polar surface area (TPSA) is 110 Å². The summed E-state index contributed by atoms with van der Waals surface area (Å²) in [4.78, 5) is 22.9. The first-order valence-electron chi connectivity index (χ1n) is 6.34. The Balaban J connectivity index is 2.07. The highest BCUT2D eigenvalue weighted by atomic mass is 16.2. The molecule has 0 heterocycles. The molecule has 0 saturated heterocycles. The normalized spacial score (nSPS) is 11.5. The van der Waals surface area contributed by atoms with E-state index in [0.29, 0.717) is 11.4 Å². The number of urea groups is 1. The Morgan fingerprint density at radius 3 is 2.14 bits per heavy atom. The lowest BCUT2D eigenvalue weighted by Gasteiger charge is -2.13. The number of anilines is 2. The van der Waals surface area contributed by atoms with Crippen LogP contribution in [0.2, 0.25) is 0 Å². The highest BCUT2D eigenvalue weighted by Crippen LogP contribution is 2.17. The number of amides is 3. The summed E-state index contributed by atoms with van der Waals surface area (Å²) in [5.41, 5.74) is 12.7. The maximum absolute atomic E-state index is 12.1. The van der Waals surface area contributed by atoms with Gasteiger partial charge in [0.2, 0.25) is 5.91 Å². The third kappa shape index (κ3) is 4.05. The van der Waals surface area contributed by atoms with Crippen LogP contribution in [0.25, 0.3) is 0 Å². The second-order valence-corrected chi connectivity index (χ2v) is 4.45. The lowest BCUT2D eigenvalue weighted by molar-refractivity contribution is -0.117. The molecule has 6 heteroatoms. The zero-order chi connectivity index (χ0) is 15.2. The third-order valence-electron chi connectivity index (χ3n) is 2.84. The van der Waals surface area contributed by atoms with Gasteiger partial charge in [0.1, 0.15) is 6.04 Å². The number of carbonyl (C=O) groups is 2. The van der Waals surface area contributed by atoms with E-state index in [2.05, 4.69) is 10.6 Å². The molecule has 0 fully saturated rings. The van der Waals surface area contributed by atoms with Gasteiger partial charge in [-0.25, -0.2) is 4.79 Å². The highest BCUT2D eigenvalue weighted by molar-refractivity contribution is 5.96. The van der Waals surface area contributed by atoms with Gasteiger partial charge in [0, 0.05) is 11.4 Å². The van der Waals surface area contributed by atoms with Crippen molar-refractivity contribution in [2.24, 2.45) is 11.5 Å². The maximum atomic E-state index is 12.1. The van der Waals surface area contributed by atoms with Crippen molar-refractivity contribution >= 4 is 23.3 Å². The summed E-state index contributed by atoms with van der Waals surface area (Å²) in [6.45, 7) is 0. The minimum atomic E-state index is -0.765. The van der Waals surface area contributed by atoms with Gasteiger partial charge in [0.15, 0.2) is 0 Å². The second-order valence-electron chi connectivity index (χ2n) is 4.45. The van der Waals surface area contributed by atoms with Gasteiger partial charge in [-0.15, -0.1) is 0 Å². The molecule has 0 unspecified atom stereocenters. The van der Waals surface area contributed by atoms with E-state index >= 15 is 0 Å². The summed E-state index contributed by atoms with van der Waals surface area (Å²) in [6.07, 6.45) is 0. The Kier molecular flexibility index (Phi) is 4.53. The molecule has 2 aromatic rings. The minimum absolute atomic E-state index is 0.336. The van der Waals surface area contributed by atoms with Gasteiger partial charge in [0.25, 0.3) is 0 Å². The molecule has 0 aliphatic rings. The summed E-state index contributed by atoms with van der Waals surface area (Å²) in [6, 6.07) is 14.3. The maximum Gasteiger partial charge on any atom is 0.316 e. The van der Waals surface area contributed by atoms with E-state index < -0.39 is 12.1 Å². The molecule has 0 radical (unpaired) electrons. The second kappa shape index (κ2) is 6.53. The van der Waals surface area contributed by atoms with Crippen LogP contribution in [-0.2, 0) is 4.79 Å². The Labute approximate surface area is 122 Å². The Bertz CT molecular complexity index is 643. The smallest absolute Gasteiger partial charge is 0.316 e. The van der Waals surface area contributed by atoms with Gasteiger partial charge in [-0.1, -0.05) is 36.4 Å². The van der Waals surface area contributed by atoms with E-state index in [-0.39, 0.29) is 5.91 Å². The third-order valence-corrected chi connectivity index (χ3v) is 2.84. The van der Waals surface area contributed by atoms with Crippen LogP contribution in [0.4, 0.5) is 16.2 Å². The van der Waals surface area contributed by atoms with Crippen molar-refractivity contribution in [3.05, 3.63) is 60.2 Å². The van der Waals surface area contributed by atoms with Gasteiger partial charge in [-0.3, -0.25) is 4.79 Å². The first kappa shape index (κ1) is 14.5. The number of benzene rings is 2. The standard InChI is InChI=1S/C15H16N4O2/c16-13(10-5-2-1-3-6-10)14(20)18-11-7-4-8-12(9-11)19-15(17)21/h1-9,13H,16H2,(H,18,20)(H3,17,19,21)/t13-/m0/s1. The summed E-state index contributed by atoms with van der Waals surface area (Å²) in [7, 11) is 0. The van der Waals surface area contributed by atoms with Crippen molar-refractivity contribution in [1.29, 1.82) is 0 Å². The summed E-state index contributed by atoms with van der Waals surface area (Å²) in [5, 5.41) is 5.13. The molecule has 0 aliphatic heterocycles. The van der Waals surface area contributed by atoms with E-state index in [1.165, 1.54) is 0 Å². The van der Waals surface area contributed by atoms with Gasteiger partial charge in [-0.2, -0.15) is 0 Å². The Morgan fingerprint density at radius 2 is 1.52 bits per heavy atom. The lowest BCUT2D eigenvalue weighted by atomic mass is 10.1. The summed E-state index contributed by atoms with van der Waals surface area (Å²) >= 11 is 0. The molecular weight excluding hydrogens is 268 g/mol. The lowest BCUT2D eigenvalue weighted by Crippen LogP contribution is -2.27. The summed E-state index contributed by atoms with van der Waals surface area (Å²) in [5.74, 6) is -0.336. The van der Waals surface area contributed by atoms with Crippen LogP contribution in [0.5, 0.6) is 0 Å². The molecule has 6 nitrogen and oxygen atoms in total. The van der Waals surface area contributed by atoms with Crippen LogP contribution in [-0.4, -0.2) is 11.9 Å². The first-order valence-corrected chi connectivity index (χ1v) is 6.34. The minimum Gasteiger partial charge on any atom is -0.351 e. The number of hydrogen-bond acceptors (Lipinski definition) is 3. The van der Waals surface area contributed by atoms with E-state index in [1.807, 2.05) is 18.2 Å². The van der Waals surface area contributed by atoms with Crippen LogP contribution >= 0.6 is 0 Å². The van der Waals surface area contributed by atoms with Gasteiger partial charge >= 0.3 is 6.03 Å². The predicted octanol–water partition coefficient (Wildman–Crippen LogP) is 1.82. The zero-order valence-electron chi connectivity index (χ0n) is 11.2. The van der Waals surface area contributed by atoms with Crippen LogP contribution in [0.1, 0.15) is 11.6 Å². The van der Waals surface area contributed by atoms with Crippen LogP contribution in [0.3, 0.4) is 0 Å². The van der Waals surface area contributed by atoms with Crippen molar-refractivity contribution in [2.45, 2.75) is 6.04 Å². The molecule has 3 amide bonds. The van der Waals surface area contributed by atoms with E-state index in [1.54, 1.807) is 36.4 Å². The highest BCUT2D eigenvalue weighted by Gasteiger charge is 2.15. The number of nitrogens with one attached hydrogen (secondary N) is 2. The Hall–Kier alpha value is -2.86. The number of primary amides is 1. The fraction of sp³-hybridized carbons (Fsp3) is 0.0667. The van der Waals surface area contributed by atoms with E-state index in [4.69, 9.17) is 11.5 Å². The number of rotatable bonds is 4. The van der Waals surface area contributed by atoms with E-state index in [0.717, 1.165) is 5.56 Å². The molecule has 2 aromatic carbocycles. The molecule has 108 valence electrons. The summed E-state index contributed by atoms with van der Waals surface area (Å²) < 4.78 is 0. The van der Waals surface area contributed by atoms with Gasteiger partial charge < -0.3 is 22.1 Å². The molecule has 0 spiro atoms. The van der Waals surface area contributed by atoms with Crippen molar-refractivity contribution in [1.82, 2.24) is 0 Å². The Morgan fingerprint density at radius 1 is 0.905 bits per heavy atom. The predicted molar refractivity (Wildman–Crippen MR) is 81.6 cm³/mol. The molecule has 0 saturated carbocycles. The van der Waals surface area contributed by atoms with Crippen molar-refractivity contribution in [3.63, 3.8) is 0 Å². The number of hydrogen-bond donors (Lipinski definition) is 4. The van der Waals surface area contributed by atoms with Crippen LogP contribution < -0.4 is 22.1 Å². The molecule has 1 atom stereocenters. The molecule has 0 aliphatic carbocycles. The largest absolute Gasteiger partial charge is 0.351 e. The average Bonchev–Trinajstić information content (AvgIpc) is 2.47. The fourth-order valence-electron chi connectivity index (χ4n) is 1.85. The number of nitrogens with two attached hydrogens (primary N) is 2. The quantitative estimate of drug-likeness (QED) is 0.687. The van der Waals surface area contributed by atoms with Crippen molar-refractivity contribution in [2.75, 3.05) is 10.6 Å². The molecule has 0 bridgehead atoms. The fourth-order valence-corrected chi connectivity index (χ4v) is 1.85. The van der Waals surface area contributed by atoms with Crippen LogP contribution in [0.15, 0.2) is 54.6 Å². The molecular formula is C15H16N4O2. The molecule has 6 N–H and O–H groups in total.